The molecule has 1 N–H and O–H groups in total. The van der Waals surface area contributed by atoms with Crippen molar-refractivity contribution in [2.75, 3.05) is 7.05 Å². The maximum absolute atomic E-state index is 4.30. The van der Waals surface area contributed by atoms with Crippen molar-refractivity contribution in [3.63, 3.8) is 0 Å². The fourth-order valence-corrected chi connectivity index (χ4v) is 2.39. The van der Waals surface area contributed by atoms with Crippen LogP contribution in [0.4, 0.5) is 0 Å². The zero-order valence-electron chi connectivity index (χ0n) is 11.8. The van der Waals surface area contributed by atoms with Gasteiger partial charge in [0.1, 0.15) is 5.69 Å². The van der Waals surface area contributed by atoms with Crippen molar-refractivity contribution < 1.29 is 0 Å². The van der Waals surface area contributed by atoms with Crippen molar-refractivity contribution in [3.8, 4) is 5.69 Å². The van der Waals surface area contributed by atoms with E-state index >= 15 is 0 Å². The summed E-state index contributed by atoms with van der Waals surface area (Å²) in [6, 6.07) is 8.32. The summed E-state index contributed by atoms with van der Waals surface area (Å²) in [7, 11) is 1.92. The van der Waals surface area contributed by atoms with Crippen LogP contribution in [0.5, 0.6) is 0 Å². The first kappa shape index (κ1) is 12.7. The molecule has 0 aliphatic carbocycles. The fraction of sp³-hybridized carbons (Fsp3) is 0.267. The standard InChI is InChI=1S/C15H17N5/c1-10(16-3)15-11(2)20(19-18-15)14-6-4-5-12-7-8-17-9-13(12)14/h4-10,16H,1-3H3. The summed E-state index contributed by atoms with van der Waals surface area (Å²) in [6.45, 7) is 4.12. The van der Waals surface area contributed by atoms with Gasteiger partial charge in [0.15, 0.2) is 0 Å². The number of hydrogen-bond donors (Lipinski definition) is 1. The lowest BCUT2D eigenvalue weighted by atomic mass is 10.1. The van der Waals surface area contributed by atoms with Gasteiger partial charge in [0, 0.05) is 17.8 Å². The van der Waals surface area contributed by atoms with Crippen molar-refractivity contribution in [2.24, 2.45) is 0 Å². The number of hydrogen-bond acceptors (Lipinski definition) is 4. The minimum Gasteiger partial charge on any atom is -0.312 e. The van der Waals surface area contributed by atoms with Crippen LogP contribution in [0.1, 0.15) is 24.4 Å². The van der Waals surface area contributed by atoms with E-state index in [1.54, 1.807) is 6.20 Å². The van der Waals surface area contributed by atoms with Gasteiger partial charge >= 0.3 is 0 Å². The highest BCUT2D eigenvalue weighted by Crippen LogP contribution is 2.23. The quantitative estimate of drug-likeness (QED) is 0.791. The first-order valence-electron chi connectivity index (χ1n) is 6.65. The molecule has 5 nitrogen and oxygen atoms in total. The van der Waals surface area contributed by atoms with E-state index in [-0.39, 0.29) is 6.04 Å². The van der Waals surface area contributed by atoms with Gasteiger partial charge in [-0.1, -0.05) is 17.3 Å². The van der Waals surface area contributed by atoms with E-state index < -0.39 is 0 Å². The molecule has 1 aromatic carbocycles. The molecular formula is C15H17N5. The van der Waals surface area contributed by atoms with Crippen LogP contribution in [0.15, 0.2) is 36.7 Å². The van der Waals surface area contributed by atoms with Crippen LogP contribution in [-0.4, -0.2) is 27.0 Å². The smallest absolute Gasteiger partial charge is 0.103 e. The maximum Gasteiger partial charge on any atom is 0.103 e. The summed E-state index contributed by atoms with van der Waals surface area (Å²) < 4.78 is 1.88. The number of nitrogens with one attached hydrogen (secondary N) is 1. The molecule has 0 aliphatic rings. The Kier molecular flexibility index (Phi) is 3.20. The van der Waals surface area contributed by atoms with Crippen LogP contribution in [0.3, 0.4) is 0 Å². The molecule has 0 saturated carbocycles. The number of pyridine rings is 1. The van der Waals surface area contributed by atoms with Crippen LogP contribution in [0, 0.1) is 6.92 Å². The van der Waals surface area contributed by atoms with E-state index in [0.29, 0.717) is 0 Å². The van der Waals surface area contributed by atoms with Crippen LogP contribution in [-0.2, 0) is 0 Å². The molecule has 0 fully saturated rings. The van der Waals surface area contributed by atoms with Crippen LogP contribution >= 0.6 is 0 Å². The normalized spacial score (nSPS) is 12.8. The molecule has 0 radical (unpaired) electrons. The molecule has 2 aromatic heterocycles. The molecule has 0 saturated heterocycles. The van der Waals surface area contributed by atoms with Gasteiger partial charge in [-0.2, -0.15) is 0 Å². The monoisotopic (exact) mass is 267 g/mol. The molecule has 0 spiro atoms. The highest BCUT2D eigenvalue weighted by atomic mass is 15.4. The molecule has 3 aromatic rings. The van der Waals surface area contributed by atoms with Crippen molar-refractivity contribution >= 4 is 10.8 Å². The number of nitrogens with zero attached hydrogens (tertiary/aromatic N) is 4. The second kappa shape index (κ2) is 5.02. The Hall–Kier alpha value is -2.27. The van der Waals surface area contributed by atoms with Crippen LogP contribution in [0.25, 0.3) is 16.5 Å². The SMILES string of the molecule is CNC(C)c1nnn(-c2cccc3ccncc23)c1C. The molecule has 0 bridgehead atoms. The first-order chi connectivity index (χ1) is 9.72. The molecular weight excluding hydrogens is 250 g/mol. The summed E-state index contributed by atoms with van der Waals surface area (Å²) in [5.74, 6) is 0. The zero-order valence-corrected chi connectivity index (χ0v) is 11.8. The topological polar surface area (TPSA) is 55.6 Å². The summed E-state index contributed by atoms with van der Waals surface area (Å²) in [5, 5.41) is 14.0. The second-order valence-electron chi connectivity index (χ2n) is 4.86. The molecule has 3 rings (SSSR count). The van der Waals surface area contributed by atoms with Crippen molar-refractivity contribution in [1.82, 2.24) is 25.3 Å². The molecule has 0 aliphatic heterocycles. The van der Waals surface area contributed by atoms with Gasteiger partial charge in [0.05, 0.1) is 17.4 Å². The van der Waals surface area contributed by atoms with E-state index in [9.17, 15) is 0 Å². The maximum atomic E-state index is 4.30. The third kappa shape index (κ3) is 1.96. The highest BCUT2D eigenvalue weighted by Gasteiger charge is 2.15. The Morgan fingerprint density at radius 2 is 2.10 bits per heavy atom. The highest BCUT2D eigenvalue weighted by molar-refractivity contribution is 5.89. The zero-order chi connectivity index (χ0) is 14.1. The van der Waals surface area contributed by atoms with Crippen LogP contribution < -0.4 is 5.32 Å². The predicted octanol–water partition coefficient (Wildman–Crippen LogP) is 2.40. The van der Waals surface area contributed by atoms with E-state index in [1.807, 2.05) is 43.0 Å². The molecule has 20 heavy (non-hydrogen) atoms. The van der Waals surface area contributed by atoms with E-state index in [4.69, 9.17) is 0 Å². The van der Waals surface area contributed by atoms with Crippen molar-refractivity contribution in [3.05, 3.63) is 48.0 Å². The summed E-state index contributed by atoms with van der Waals surface area (Å²) in [5.41, 5.74) is 3.02. The Morgan fingerprint density at radius 3 is 2.90 bits per heavy atom. The summed E-state index contributed by atoms with van der Waals surface area (Å²) >= 11 is 0. The van der Waals surface area contributed by atoms with E-state index in [1.165, 1.54) is 0 Å². The van der Waals surface area contributed by atoms with Gasteiger partial charge in [0.2, 0.25) is 0 Å². The average Bonchev–Trinajstić information content (AvgIpc) is 2.87. The Morgan fingerprint density at radius 1 is 1.25 bits per heavy atom. The Balaban J connectivity index is 2.19. The van der Waals surface area contributed by atoms with Gasteiger partial charge < -0.3 is 5.32 Å². The molecule has 2 heterocycles. The van der Waals surface area contributed by atoms with E-state index in [2.05, 4.69) is 33.6 Å². The van der Waals surface area contributed by atoms with Gasteiger partial charge in [0.25, 0.3) is 0 Å². The lowest BCUT2D eigenvalue weighted by Crippen LogP contribution is -2.14. The first-order valence-corrected chi connectivity index (χ1v) is 6.65. The minimum absolute atomic E-state index is 0.178. The lowest BCUT2D eigenvalue weighted by Gasteiger charge is -2.10. The second-order valence-corrected chi connectivity index (χ2v) is 4.86. The molecule has 5 heteroatoms. The van der Waals surface area contributed by atoms with Gasteiger partial charge in [-0.25, -0.2) is 4.68 Å². The molecule has 1 unspecified atom stereocenters. The predicted molar refractivity (Wildman–Crippen MR) is 78.9 cm³/mol. The lowest BCUT2D eigenvalue weighted by molar-refractivity contribution is 0.627. The van der Waals surface area contributed by atoms with Gasteiger partial charge in [-0.15, -0.1) is 5.10 Å². The molecule has 102 valence electrons. The summed E-state index contributed by atoms with van der Waals surface area (Å²) in [4.78, 5) is 4.21. The largest absolute Gasteiger partial charge is 0.312 e. The van der Waals surface area contributed by atoms with Gasteiger partial charge in [-0.3, -0.25) is 4.98 Å². The summed E-state index contributed by atoms with van der Waals surface area (Å²) in [6.07, 6.45) is 3.67. The number of benzene rings is 1. The Bertz CT molecular complexity index is 742. The Labute approximate surface area is 117 Å². The number of aromatic nitrogens is 4. The fourth-order valence-electron chi connectivity index (χ4n) is 2.39. The van der Waals surface area contributed by atoms with E-state index in [0.717, 1.165) is 27.8 Å². The van der Waals surface area contributed by atoms with Gasteiger partial charge in [-0.05, 0) is 38.4 Å². The van der Waals surface area contributed by atoms with Crippen molar-refractivity contribution in [2.45, 2.75) is 19.9 Å². The molecule has 0 amide bonds. The third-order valence-electron chi connectivity index (χ3n) is 3.66. The van der Waals surface area contributed by atoms with Crippen LogP contribution in [0.2, 0.25) is 0 Å². The minimum atomic E-state index is 0.178. The average molecular weight is 267 g/mol. The van der Waals surface area contributed by atoms with Crippen molar-refractivity contribution in [1.29, 1.82) is 0 Å². The number of fused-ring (bicyclic) bond motifs is 1. The number of rotatable bonds is 3. The molecule has 1 atom stereocenters. The third-order valence-corrected chi connectivity index (χ3v) is 3.66.